The number of methoxy groups -OCH3 is 3. The summed E-state index contributed by atoms with van der Waals surface area (Å²) in [5.74, 6) is -7.94. The number of aliphatic hydroxyl groups is 3. The van der Waals surface area contributed by atoms with E-state index in [4.69, 9.17) is 28.4 Å². The highest BCUT2D eigenvalue weighted by Crippen LogP contribution is 2.38. The average molecular weight is 958 g/mol. The second-order valence-electron chi connectivity index (χ2n) is 20.2. The summed E-state index contributed by atoms with van der Waals surface area (Å²) in [6.45, 7) is 12.9. The van der Waals surface area contributed by atoms with Crippen molar-refractivity contribution in [3.63, 3.8) is 0 Å². The molecule has 15 heteroatoms. The number of aliphatic hydroxyl groups excluding tert-OH is 2. The number of cyclic esters (lactones) is 1. The number of esters is 1. The van der Waals surface area contributed by atoms with Crippen LogP contribution in [0.4, 0.5) is 0 Å². The lowest BCUT2D eigenvalue weighted by Crippen LogP contribution is -2.61. The minimum atomic E-state index is -2.43. The minimum absolute atomic E-state index is 0.0185. The zero-order valence-electron chi connectivity index (χ0n) is 42.4. The van der Waals surface area contributed by atoms with Gasteiger partial charge in [0.15, 0.2) is 11.6 Å². The van der Waals surface area contributed by atoms with Gasteiger partial charge in [-0.25, -0.2) is 4.79 Å². The van der Waals surface area contributed by atoms with E-state index < -0.39 is 77.8 Å². The molecular weight excluding hydrogens is 875 g/mol. The molecule has 2 saturated heterocycles. The molecule has 0 aromatic rings. The number of ketones is 3. The number of rotatable bonds is 9. The molecule has 68 heavy (non-hydrogen) atoms. The van der Waals surface area contributed by atoms with E-state index in [-0.39, 0.29) is 74.1 Å². The summed E-state index contributed by atoms with van der Waals surface area (Å²) in [5.41, 5.74) is 1.19. The first-order chi connectivity index (χ1) is 32.3. The van der Waals surface area contributed by atoms with Crippen LogP contribution in [0.3, 0.4) is 0 Å². The van der Waals surface area contributed by atoms with Crippen LogP contribution in [0.1, 0.15) is 126 Å². The SMILES string of the molecule is CO[C@H]1C[C@@H]2CC[C@@H](C)[C@@](O)(O2)C(=O)C(=O)N2CCCCC2C(=O)O[C@H]([C@H](C)C[C@@H]2CC[C@@H](OCCO)[C@H](OC)C2)CC(=O)C(C)=CC(C)[C@@H](O)[C@@H](OC)C(=O)[C@H](C)C[C@H](C)C=CC=CC=C1C. The molecule has 4 aliphatic rings. The van der Waals surface area contributed by atoms with Gasteiger partial charge in [0.1, 0.15) is 18.2 Å². The van der Waals surface area contributed by atoms with Crippen molar-refractivity contribution in [2.45, 2.75) is 180 Å². The number of amides is 1. The monoisotopic (exact) mass is 958 g/mol. The minimum Gasteiger partial charge on any atom is -0.460 e. The van der Waals surface area contributed by atoms with Crippen LogP contribution < -0.4 is 0 Å². The van der Waals surface area contributed by atoms with Gasteiger partial charge >= 0.3 is 5.97 Å². The molecule has 1 amide bonds. The van der Waals surface area contributed by atoms with Crippen LogP contribution in [0.15, 0.2) is 47.6 Å². The summed E-state index contributed by atoms with van der Waals surface area (Å²) < 4.78 is 35.6. The Morgan fingerprint density at radius 2 is 1.60 bits per heavy atom. The van der Waals surface area contributed by atoms with E-state index in [9.17, 15) is 39.3 Å². The maximum absolute atomic E-state index is 14.5. The number of fused-ring (bicyclic) bond motifs is 3. The van der Waals surface area contributed by atoms with Gasteiger partial charge in [0.05, 0.1) is 43.7 Å². The molecule has 0 radical (unpaired) electrons. The lowest BCUT2D eigenvalue weighted by Gasteiger charge is -2.42. The van der Waals surface area contributed by atoms with Crippen molar-refractivity contribution in [2.24, 2.45) is 35.5 Å². The van der Waals surface area contributed by atoms with Crippen molar-refractivity contribution < 1.29 is 67.7 Å². The number of Topliss-reactive ketones (excluding diaryl/α,β-unsaturated/α-hetero) is 3. The summed E-state index contributed by atoms with van der Waals surface area (Å²) in [6.07, 6.45) is 12.0. The molecule has 2 bridgehead atoms. The van der Waals surface area contributed by atoms with Crippen LogP contribution in [-0.4, -0.2) is 145 Å². The first-order valence-corrected chi connectivity index (χ1v) is 25.0. The largest absolute Gasteiger partial charge is 0.460 e. The molecular formula is C53H83NO14. The van der Waals surface area contributed by atoms with Crippen molar-refractivity contribution in [1.29, 1.82) is 0 Å². The fourth-order valence-electron chi connectivity index (χ4n) is 10.5. The number of allylic oxidation sites excluding steroid dienone is 6. The van der Waals surface area contributed by atoms with Gasteiger partial charge in [-0.15, -0.1) is 0 Å². The quantitative estimate of drug-likeness (QED) is 0.174. The lowest BCUT2D eigenvalue weighted by molar-refractivity contribution is -0.265. The molecule has 15 nitrogen and oxygen atoms in total. The van der Waals surface area contributed by atoms with Gasteiger partial charge in [-0.3, -0.25) is 19.2 Å². The fraction of sp³-hybridized carbons (Fsp3) is 0.755. The summed E-state index contributed by atoms with van der Waals surface area (Å²) in [5, 5.41) is 32.8. The number of ether oxygens (including phenoxy) is 6. The molecule has 15 atom stereocenters. The molecule has 0 spiro atoms. The Labute approximate surface area is 405 Å². The number of piperidine rings is 1. The molecule has 3 N–H and O–H groups in total. The van der Waals surface area contributed by atoms with Gasteiger partial charge in [0, 0.05) is 58.5 Å². The topological polar surface area (TPSA) is 205 Å². The van der Waals surface area contributed by atoms with E-state index in [1.165, 1.54) is 12.0 Å². The summed E-state index contributed by atoms with van der Waals surface area (Å²) in [4.78, 5) is 72.1. The second kappa shape index (κ2) is 27.3. The zero-order valence-corrected chi connectivity index (χ0v) is 42.4. The highest BCUT2D eigenvalue weighted by Gasteiger charge is 2.53. The van der Waals surface area contributed by atoms with E-state index in [0.717, 1.165) is 12.0 Å². The number of hydrogen-bond donors (Lipinski definition) is 3. The normalized spacial score (nSPS) is 36.7. The van der Waals surface area contributed by atoms with Crippen molar-refractivity contribution in [3.05, 3.63) is 47.6 Å². The van der Waals surface area contributed by atoms with Gasteiger partial charge < -0.3 is 48.6 Å². The van der Waals surface area contributed by atoms with Gasteiger partial charge in [0.2, 0.25) is 5.79 Å². The first kappa shape index (κ1) is 57.2. The molecule has 3 aliphatic heterocycles. The Kier molecular flexibility index (Phi) is 22.9. The average Bonchev–Trinajstić information content (AvgIpc) is 3.32. The number of nitrogens with zero attached hydrogens (tertiary/aromatic N) is 1. The Balaban J connectivity index is 1.70. The maximum atomic E-state index is 14.5. The Morgan fingerprint density at radius 3 is 2.28 bits per heavy atom. The molecule has 3 heterocycles. The van der Waals surface area contributed by atoms with E-state index in [1.807, 2.05) is 58.1 Å². The number of hydrogen-bond acceptors (Lipinski definition) is 14. The second-order valence-corrected chi connectivity index (χ2v) is 20.2. The van der Waals surface area contributed by atoms with Gasteiger partial charge in [-0.2, -0.15) is 0 Å². The maximum Gasteiger partial charge on any atom is 0.329 e. The molecule has 384 valence electrons. The molecule has 3 fully saturated rings. The highest BCUT2D eigenvalue weighted by molar-refractivity contribution is 6.39. The lowest BCUT2D eigenvalue weighted by atomic mass is 9.78. The van der Waals surface area contributed by atoms with Gasteiger partial charge in [-0.1, -0.05) is 71.1 Å². The van der Waals surface area contributed by atoms with Crippen LogP contribution in [0.5, 0.6) is 0 Å². The summed E-state index contributed by atoms with van der Waals surface area (Å²) in [6, 6.07) is -1.15. The Hall–Kier alpha value is -3.41. The zero-order chi connectivity index (χ0) is 50.3. The van der Waals surface area contributed by atoms with Gasteiger partial charge in [0.25, 0.3) is 11.7 Å². The highest BCUT2D eigenvalue weighted by atomic mass is 16.6. The van der Waals surface area contributed by atoms with E-state index in [1.54, 1.807) is 41.1 Å². The predicted molar refractivity (Wildman–Crippen MR) is 256 cm³/mol. The molecule has 4 rings (SSSR count). The van der Waals surface area contributed by atoms with Crippen molar-refractivity contribution >= 4 is 29.2 Å². The van der Waals surface area contributed by atoms with Crippen LogP contribution in [0, 0.1) is 35.5 Å². The summed E-state index contributed by atoms with van der Waals surface area (Å²) >= 11 is 0. The number of carbonyl (C=O) groups is 5. The van der Waals surface area contributed by atoms with Crippen molar-refractivity contribution in [1.82, 2.24) is 4.90 Å². The third-order valence-corrected chi connectivity index (χ3v) is 14.9. The third-order valence-electron chi connectivity index (χ3n) is 14.9. The number of carbonyl (C=O) groups excluding carboxylic acids is 5. The van der Waals surface area contributed by atoms with Crippen LogP contribution >= 0.6 is 0 Å². The molecule has 0 aromatic carbocycles. The molecule has 0 aromatic heterocycles. The molecule has 1 saturated carbocycles. The van der Waals surface area contributed by atoms with Crippen LogP contribution in [0.25, 0.3) is 0 Å². The van der Waals surface area contributed by atoms with Crippen molar-refractivity contribution in [3.8, 4) is 0 Å². The third kappa shape index (κ3) is 15.3. The first-order valence-electron chi connectivity index (χ1n) is 25.0. The van der Waals surface area contributed by atoms with Crippen LogP contribution in [-0.2, 0) is 52.4 Å². The Bertz CT molecular complexity index is 1810. The van der Waals surface area contributed by atoms with E-state index in [2.05, 4.69) is 0 Å². The standard InChI is InChI=1S/C53H83NO14/c1-32-16-12-11-13-17-33(2)44(63-8)30-40-21-19-38(7)53(62,68-40)50(59)51(60)54-23-15-14-18-41(54)52(61)67-45(35(4)28-39-20-22-43(66-25-24-55)46(29-39)64-9)31-42(56)34(3)27-37(6)48(58)49(65-10)47(57)36(5)26-32/h11-13,16-17,27,32,35-41,43-46,48-49,55,58,62H,14-15,18-26,28-31H2,1-10H3/t32-,35-,36-,37?,38-,39+,40+,41?,43-,44+,45+,46-,48-,49+,53-/m1/s1. The van der Waals surface area contributed by atoms with E-state index in [0.29, 0.717) is 63.4 Å². The fourth-order valence-corrected chi connectivity index (χ4v) is 10.5. The summed E-state index contributed by atoms with van der Waals surface area (Å²) in [7, 11) is 4.59. The molecule has 1 aliphatic carbocycles. The van der Waals surface area contributed by atoms with Crippen LogP contribution in [0.2, 0.25) is 0 Å². The van der Waals surface area contributed by atoms with E-state index >= 15 is 0 Å². The van der Waals surface area contributed by atoms with Crippen molar-refractivity contribution in [2.75, 3.05) is 41.1 Å². The predicted octanol–water partition coefficient (Wildman–Crippen LogP) is 6.20. The molecule has 2 unspecified atom stereocenters. The smallest absolute Gasteiger partial charge is 0.329 e. The van der Waals surface area contributed by atoms with Gasteiger partial charge in [-0.05, 0) is 107 Å². The Morgan fingerprint density at radius 1 is 0.868 bits per heavy atom.